The molecule has 2 rings (SSSR count). The van der Waals surface area contributed by atoms with Gasteiger partial charge in [0.25, 0.3) is 0 Å². The molecule has 1 aromatic carbocycles. The van der Waals surface area contributed by atoms with Gasteiger partial charge in [-0.05, 0) is 23.9 Å². The first-order chi connectivity index (χ1) is 9.93. The van der Waals surface area contributed by atoms with Gasteiger partial charge in [-0.15, -0.1) is 0 Å². The van der Waals surface area contributed by atoms with Crippen molar-refractivity contribution in [3.8, 4) is 0 Å². The van der Waals surface area contributed by atoms with Gasteiger partial charge in [0.05, 0.1) is 18.4 Å². The number of hydrogen-bond donors (Lipinski definition) is 2. The quantitative estimate of drug-likeness (QED) is 0.465. The number of benzene rings is 1. The normalized spacial score (nSPS) is 10.4. The standard InChI is InChI=1S/C12H12N4O4S/c1-16-12(14-9(17)10(18)15-16)21-7-5-3-4-6(8(7)13)11(19)20-2/h3-5H,13H2,1-2H3,(H,15,18). The highest BCUT2D eigenvalue weighted by Gasteiger charge is 2.15. The minimum absolute atomic E-state index is 0.217. The summed E-state index contributed by atoms with van der Waals surface area (Å²) in [6.07, 6.45) is 0. The highest BCUT2D eigenvalue weighted by atomic mass is 32.2. The predicted molar refractivity (Wildman–Crippen MR) is 76.4 cm³/mol. The molecule has 1 heterocycles. The topological polar surface area (TPSA) is 120 Å². The molecule has 0 bridgehead atoms. The summed E-state index contributed by atoms with van der Waals surface area (Å²) in [5.41, 5.74) is 4.66. The monoisotopic (exact) mass is 308 g/mol. The Bertz CT molecular complexity index is 812. The van der Waals surface area contributed by atoms with Crippen LogP contribution in [0.25, 0.3) is 0 Å². The molecule has 0 fully saturated rings. The Morgan fingerprint density at radius 2 is 2.14 bits per heavy atom. The number of aromatic nitrogens is 3. The van der Waals surface area contributed by atoms with Crippen LogP contribution in [0.3, 0.4) is 0 Å². The van der Waals surface area contributed by atoms with Crippen LogP contribution in [0.5, 0.6) is 0 Å². The summed E-state index contributed by atoms with van der Waals surface area (Å²) in [6.45, 7) is 0. The average Bonchev–Trinajstić information content (AvgIpc) is 2.46. The van der Waals surface area contributed by atoms with E-state index in [1.165, 1.54) is 24.9 Å². The fourth-order valence-electron chi connectivity index (χ4n) is 1.57. The van der Waals surface area contributed by atoms with Gasteiger partial charge in [0.15, 0.2) is 5.16 Å². The molecule has 1 aromatic heterocycles. The van der Waals surface area contributed by atoms with Gasteiger partial charge < -0.3 is 10.5 Å². The lowest BCUT2D eigenvalue weighted by Crippen LogP contribution is -2.33. The van der Waals surface area contributed by atoms with Crippen LogP contribution in [0.4, 0.5) is 5.69 Å². The molecule has 0 spiro atoms. The summed E-state index contributed by atoms with van der Waals surface area (Å²) >= 11 is 1.05. The van der Waals surface area contributed by atoms with Crippen LogP contribution in [-0.2, 0) is 11.8 Å². The van der Waals surface area contributed by atoms with Gasteiger partial charge in [0.2, 0.25) is 0 Å². The van der Waals surface area contributed by atoms with Crippen molar-refractivity contribution in [1.82, 2.24) is 14.8 Å². The summed E-state index contributed by atoms with van der Waals surface area (Å²) < 4.78 is 5.94. The number of carbonyl (C=O) groups excluding carboxylic acids is 1. The molecule has 0 atom stereocenters. The Kier molecular flexibility index (Phi) is 4.13. The average molecular weight is 308 g/mol. The molecule has 0 radical (unpaired) electrons. The third kappa shape index (κ3) is 2.97. The highest BCUT2D eigenvalue weighted by Crippen LogP contribution is 2.31. The van der Waals surface area contributed by atoms with Crippen molar-refractivity contribution in [2.24, 2.45) is 7.05 Å². The number of nitrogens with zero attached hydrogens (tertiary/aromatic N) is 2. The van der Waals surface area contributed by atoms with Crippen LogP contribution < -0.4 is 16.9 Å². The van der Waals surface area contributed by atoms with E-state index >= 15 is 0 Å². The number of para-hydroxylation sites is 1. The molecule has 3 N–H and O–H groups in total. The molecule has 110 valence electrons. The van der Waals surface area contributed by atoms with Crippen LogP contribution in [0.2, 0.25) is 0 Å². The van der Waals surface area contributed by atoms with Gasteiger partial charge in [0, 0.05) is 11.9 Å². The van der Waals surface area contributed by atoms with Crippen LogP contribution in [0.15, 0.2) is 37.8 Å². The number of nitrogen functional groups attached to an aromatic ring is 1. The Balaban J connectivity index is 2.46. The first kappa shape index (κ1) is 14.9. The van der Waals surface area contributed by atoms with Crippen LogP contribution in [-0.4, -0.2) is 27.8 Å². The summed E-state index contributed by atoms with van der Waals surface area (Å²) in [5, 5.41) is 2.57. The third-order valence-corrected chi connectivity index (χ3v) is 3.74. The van der Waals surface area contributed by atoms with Gasteiger partial charge in [-0.2, -0.15) is 4.98 Å². The Hall–Kier alpha value is -2.55. The smallest absolute Gasteiger partial charge is 0.339 e. The molecular formula is C12H12N4O4S. The molecule has 21 heavy (non-hydrogen) atoms. The molecule has 2 aromatic rings. The zero-order valence-corrected chi connectivity index (χ0v) is 12.1. The Morgan fingerprint density at radius 1 is 1.43 bits per heavy atom. The maximum absolute atomic E-state index is 11.6. The van der Waals surface area contributed by atoms with E-state index in [2.05, 4.69) is 14.8 Å². The zero-order chi connectivity index (χ0) is 15.6. The first-order valence-electron chi connectivity index (χ1n) is 5.76. The van der Waals surface area contributed by atoms with Crippen LogP contribution in [0.1, 0.15) is 10.4 Å². The fraction of sp³-hybridized carbons (Fsp3) is 0.167. The van der Waals surface area contributed by atoms with Crippen molar-refractivity contribution < 1.29 is 9.53 Å². The Labute approximate surface area is 122 Å². The lowest BCUT2D eigenvalue weighted by molar-refractivity contribution is 0.0601. The predicted octanol–water partition coefficient (Wildman–Crippen LogP) is -0.0114. The maximum Gasteiger partial charge on any atom is 0.339 e. The van der Waals surface area contributed by atoms with E-state index in [1.54, 1.807) is 12.1 Å². The van der Waals surface area contributed by atoms with Crippen LogP contribution in [0, 0.1) is 0 Å². The molecule has 0 aliphatic carbocycles. The Morgan fingerprint density at radius 3 is 2.81 bits per heavy atom. The number of anilines is 1. The van der Waals surface area contributed by atoms with E-state index in [9.17, 15) is 14.4 Å². The molecule has 9 heteroatoms. The third-order valence-electron chi connectivity index (χ3n) is 2.62. The fourth-order valence-corrected chi connectivity index (χ4v) is 2.45. The molecule has 0 saturated carbocycles. The highest BCUT2D eigenvalue weighted by molar-refractivity contribution is 7.99. The number of hydrogen-bond acceptors (Lipinski definition) is 7. The summed E-state index contributed by atoms with van der Waals surface area (Å²) in [6, 6.07) is 4.84. The number of esters is 1. The SMILES string of the molecule is COC(=O)c1cccc(Sc2nc(=O)c(=O)[nH]n2C)c1N. The molecule has 0 amide bonds. The number of methoxy groups -OCH3 is 1. The number of aromatic amines is 1. The van der Waals surface area contributed by atoms with Crippen molar-refractivity contribution >= 4 is 23.4 Å². The van der Waals surface area contributed by atoms with Crippen molar-refractivity contribution in [1.29, 1.82) is 0 Å². The lowest BCUT2D eigenvalue weighted by Gasteiger charge is -2.10. The van der Waals surface area contributed by atoms with E-state index < -0.39 is 17.1 Å². The number of rotatable bonds is 3. The molecule has 8 nitrogen and oxygen atoms in total. The van der Waals surface area contributed by atoms with E-state index in [0.29, 0.717) is 4.90 Å². The van der Waals surface area contributed by atoms with Crippen molar-refractivity contribution in [3.63, 3.8) is 0 Å². The van der Waals surface area contributed by atoms with Crippen molar-refractivity contribution in [2.75, 3.05) is 12.8 Å². The largest absolute Gasteiger partial charge is 0.465 e. The number of ether oxygens (including phenoxy) is 1. The second-order valence-electron chi connectivity index (χ2n) is 4.01. The van der Waals surface area contributed by atoms with Gasteiger partial charge in [-0.1, -0.05) is 6.07 Å². The van der Waals surface area contributed by atoms with E-state index in [0.717, 1.165) is 11.8 Å². The van der Waals surface area contributed by atoms with Gasteiger partial charge in [0.1, 0.15) is 0 Å². The summed E-state index contributed by atoms with van der Waals surface area (Å²) in [7, 11) is 2.80. The first-order valence-corrected chi connectivity index (χ1v) is 6.57. The molecule has 0 aliphatic rings. The molecular weight excluding hydrogens is 296 g/mol. The number of H-pyrrole nitrogens is 1. The van der Waals surface area contributed by atoms with Crippen molar-refractivity contribution in [2.45, 2.75) is 10.1 Å². The number of aryl methyl sites for hydroxylation is 1. The van der Waals surface area contributed by atoms with Crippen LogP contribution >= 0.6 is 11.8 Å². The number of nitrogens with two attached hydrogens (primary N) is 1. The number of carbonyl (C=O) groups is 1. The van der Waals surface area contributed by atoms with Gasteiger partial charge in [-0.3, -0.25) is 19.4 Å². The lowest BCUT2D eigenvalue weighted by atomic mass is 10.2. The minimum Gasteiger partial charge on any atom is -0.465 e. The maximum atomic E-state index is 11.6. The summed E-state index contributed by atoms with van der Waals surface area (Å²) in [5.74, 6) is -0.557. The second kappa shape index (κ2) is 5.83. The van der Waals surface area contributed by atoms with E-state index in [4.69, 9.17) is 5.73 Å². The van der Waals surface area contributed by atoms with Gasteiger partial charge in [-0.25, -0.2) is 4.79 Å². The number of nitrogens with one attached hydrogen (secondary N) is 1. The summed E-state index contributed by atoms with van der Waals surface area (Å²) in [4.78, 5) is 38.2. The van der Waals surface area contributed by atoms with Crippen molar-refractivity contribution in [3.05, 3.63) is 44.5 Å². The molecule has 0 saturated heterocycles. The van der Waals surface area contributed by atoms with Gasteiger partial charge >= 0.3 is 17.1 Å². The zero-order valence-electron chi connectivity index (χ0n) is 11.2. The molecule has 0 unspecified atom stereocenters. The molecule has 0 aliphatic heterocycles. The van der Waals surface area contributed by atoms with E-state index in [1.807, 2.05) is 0 Å². The van der Waals surface area contributed by atoms with E-state index in [-0.39, 0.29) is 16.4 Å². The minimum atomic E-state index is -0.890. The second-order valence-corrected chi connectivity index (χ2v) is 5.02.